The van der Waals surface area contributed by atoms with Crippen molar-refractivity contribution in [3.8, 4) is 5.75 Å². The Balaban J connectivity index is 1.93. The lowest BCUT2D eigenvalue weighted by molar-refractivity contribution is -0.137. The monoisotopic (exact) mass is 305 g/mol. The van der Waals surface area contributed by atoms with Crippen LogP contribution >= 0.6 is 0 Å². The van der Waals surface area contributed by atoms with Crippen molar-refractivity contribution in [2.75, 3.05) is 19.7 Å². The molecule has 0 unspecified atom stereocenters. The molecule has 22 heavy (non-hydrogen) atoms. The lowest BCUT2D eigenvalue weighted by Crippen LogP contribution is -2.44. The summed E-state index contributed by atoms with van der Waals surface area (Å²) in [5.41, 5.74) is 0.933. The van der Waals surface area contributed by atoms with E-state index in [0.717, 1.165) is 12.0 Å². The Kier molecular flexibility index (Phi) is 5.06. The number of aromatic hydroxyl groups is 1. The first kappa shape index (κ1) is 16.3. The number of piperidine rings is 1. The summed E-state index contributed by atoms with van der Waals surface area (Å²) in [5, 5.41) is 9.69. The Morgan fingerprint density at radius 3 is 2.55 bits per heavy atom. The average molecular weight is 305 g/mol. The summed E-state index contributed by atoms with van der Waals surface area (Å²) in [6, 6.07) is 4.70. The molecule has 120 valence electrons. The van der Waals surface area contributed by atoms with E-state index in [9.17, 15) is 14.7 Å². The normalized spacial score (nSPS) is 21.5. The fraction of sp³-hybridized carbons (Fsp3) is 0.529. The third kappa shape index (κ3) is 4.00. The number of phenols is 1. The predicted octanol–water partition coefficient (Wildman–Crippen LogP) is 2.36. The molecule has 1 aromatic rings. The lowest BCUT2D eigenvalue weighted by Gasteiger charge is -2.34. The first-order valence-corrected chi connectivity index (χ1v) is 7.61. The molecule has 0 saturated carbocycles. The van der Waals surface area contributed by atoms with Gasteiger partial charge < -0.3 is 14.7 Å². The van der Waals surface area contributed by atoms with Crippen LogP contribution in [0, 0.1) is 18.8 Å². The van der Waals surface area contributed by atoms with Crippen molar-refractivity contribution in [1.29, 1.82) is 0 Å². The molecule has 0 bridgehead atoms. The van der Waals surface area contributed by atoms with E-state index < -0.39 is 5.97 Å². The number of rotatable bonds is 3. The first-order chi connectivity index (χ1) is 10.4. The van der Waals surface area contributed by atoms with Crippen LogP contribution in [0.1, 0.15) is 36.2 Å². The number of phenolic OH excluding ortho intramolecular Hbond substituents is 1. The van der Waals surface area contributed by atoms with Crippen LogP contribution < -0.4 is 0 Å². The summed E-state index contributed by atoms with van der Waals surface area (Å²) < 4.78 is 5.06. The SMILES string of the molecule is Cc1ccc(O)c(C(=O)OCC(=O)N2C[C@H](C)C[C@@H](C)C2)c1. The molecule has 1 aliphatic heterocycles. The van der Waals surface area contributed by atoms with Crippen molar-refractivity contribution in [2.24, 2.45) is 11.8 Å². The third-order valence-corrected chi connectivity index (χ3v) is 3.92. The zero-order chi connectivity index (χ0) is 16.3. The number of ether oxygens (including phenoxy) is 1. The fourth-order valence-corrected chi connectivity index (χ4v) is 2.98. The summed E-state index contributed by atoms with van der Waals surface area (Å²) in [4.78, 5) is 25.9. The predicted molar refractivity (Wildman–Crippen MR) is 82.7 cm³/mol. The van der Waals surface area contributed by atoms with Crippen molar-refractivity contribution in [2.45, 2.75) is 27.2 Å². The van der Waals surface area contributed by atoms with E-state index in [0.29, 0.717) is 24.9 Å². The summed E-state index contributed by atoms with van der Waals surface area (Å²) in [5.74, 6) is -0.0664. The van der Waals surface area contributed by atoms with Gasteiger partial charge in [-0.1, -0.05) is 25.5 Å². The zero-order valence-electron chi connectivity index (χ0n) is 13.3. The molecule has 5 nitrogen and oxygen atoms in total. The third-order valence-electron chi connectivity index (χ3n) is 3.92. The molecule has 1 heterocycles. The highest BCUT2D eigenvalue weighted by Gasteiger charge is 2.26. The Hall–Kier alpha value is -2.04. The Morgan fingerprint density at radius 1 is 1.27 bits per heavy atom. The van der Waals surface area contributed by atoms with Gasteiger partial charge in [0.2, 0.25) is 0 Å². The number of hydrogen-bond acceptors (Lipinski definition) is 4. The quantitative estimate of drug-likeness (QED) is 0.871. The van der Waals surface area contributed by atoms with Gasteiger partial charge in [-0.3, -0.25) is 4.79 Å². The van der Waals surface area contributed by atoms with Gasteiger partial charge in [0.1, 0.15) is 11.3 Å². The number of likely N-dealkylation sites (tertiary alicyclic amines) is 1. The Bertz CT molecular complexity index is 560. The van der Waals surface area contributed by atoms with Crippen LogP contribution in [0.2, 0.25) is 0 Å². The molecule has 1 N–H and O–H groups in total. The number of benzene rings is 1. The van der Waals surface area contributed by atoms with E-state index in [2.05, 4.69) is 13.8 Å². The molecule has 2 rings (SSSR count). The van der Waals surface area contributed by atoms with Gasteiger partial charge in [0, 0.05) is 13.1 Å². The largest absolute Gasteiger partial charge is 0.507 e. The topological polar surface area (TPSA) is 66.8 Å². The molecule has 5 heteroatoms. The Morgan fingerprint density at radius 2 is 1.91 bits per heavy atom. The zero-order valence-corrected chi connectivity index (χ0v) is 13.3. The molecule has 1 aliphatic rings. The van der Waals surface area contributed by atoms with Crippen LogP contribution in [0.5, 0.6) is 5.75 Å². The maximum Gasteiger partial charge on any atom is 0.342 e. The molecule has 0 spiro atoms. The molecule has 2 atom stereocenters. The summed E-state index contributed by atoms with van der Waals surface area (Å²) in [6.07, 6.45) is 1.11. The summed E-state index contributed by atoms with van der Waals surface area (Å²) in [7, 11) is 0. The minimum Gasteiger partial charge on any atom is -0.507 e. The van der Waals surface area contributed by atoms with Crippen molar-refractivity contribution in [3.63, 3.8) is 0 Å². The highest BCUT2D eigenvalue weighted by molar-refractivity contribution is 5.94. The van der Waals surface area contributed by atoms with Crippen molar-refractivity contribution in [1.82, 2.24) is 4.90 Å². The number of amides is 1. The van der Waals surface area contributed by atoms with Crippen molar-refractivity contribution in [3.05, 3.63) is 29.3 Å². The number of hydrogen-bond donors (Lipinski definition) is 1. The maximum absolute atomic E-state index is 12.2. The fourth-order valence-electron chi connectivity index (χ4n) is 2.98. The van der Waals surface area contributed by atoms with Crippen LogP contribution in [0.15, 0.2) is 18.2 Å². The summed E-state index contributed by atoms with van der Waals surface area (Å²) >= 11 is 0. The van der Waals surface area contributed by atoms with Gasteiger partial charge in [0.25, 0.3) is 5.91 Å². The molecule has 1 aromatic carbocycles. The van der Waals surface area contributed by atoms with Crippen molar-refractivity contribution < 1.29 is 19.4 Å². The molecular formula is C17H23NO4. The van der Waals surface area contributed by atoms with Gasteiger partial charge in [0.05, 0.1) is 0 Å². The van der Waals surface area contributed by atoms with E-state index in [1.165, 1.54) is 6.07 Å². The van der Waals surface area contributed by atoms with Gasteiger partial charge in [0.15, 0.2) is 6.61 Å². The standard InChI is InChI=1S/C17H23NO4/c1-11-4-5-15(19)14(7-11)17(21)22-10-16(20)18-8-12(2)6-13(3)9-18/h4-5,7,12-13,19H,6,8-10H2,1-3H3/t12-,13-/m1/s1. The Labute approximate surface area is 130 Å². The molecule has 1 fully saturated rings. The molecular weight excluding hydrogens is 282 g/mol. The van der Waals surface area contributed by atoms with Gasteiger partial charge in [-0.2, -0.15) is 0 Å². The number of esters is 1. The second kappa shape index (κ2) is 6.81. The van der Waals surface area contributed by atoms with Gasteiger partial charge in [-0.05, 0) is 37.3 Å². The van der Waals surface area contributed by atoms with Crippen LogP contribution in [-0.2, 0) is 9.53 Å². The molecule has 1 amide bonds. The van der Waals surface area contributed by atoms with E-state index in [1.807, 2.05) is 6.92 Å². The van der Waals surface area contributed by atoms with E-state index >= 15 is 0 Å². The molecule has 0 aromatic heterocycles. The molecule has 1 saturated heterocycles. The smallest absolute Gasteiger partial charge is 0.342 e. The molecule has 0 aliphatic carbocycles. The van der Waals surface area contributed by atoms with Crippen molar-refractivity contribution >= 4 is 11.9 Å². The van der Waals surface area contributed by atoms with Gasteiger partial charge >= 0.3 is 5.97 Å². The second-order valence-electron chi connectivity index (χ2n) is 6.34. The number of nitrogens with zero attached hydrogens (tertiary/aromatic N) is 1. The van der Waals surface area contributed by atoms with E-state index in [-0.39, 0.29) is 23.8 Å². The molecule has 0 radical (unpaired) electrons. The maximum atomic E-state index is 12.2. The van der Waals surface area contributed by atoms with Crippen LogP contribution in [0.4, 0.5) is 0 Å². The highest BCUT2D eigenvalue weighted by atomic mass is 16.5. The van der Waals surface area contributed by atoms with Gasteiger partial charge in [-0.25, -0.2) is 4.79 Å². The number of carbonyl (C=O) groups excluding carboxylic acids is 2. The van der Waals surface area contributed by atoms with E-state index in [1.54, 1.807) is 17.0 Å². The van der Waals surface area contributed by atoms with Crippen LogP contribution in [0.3, 0.4) is 0 Å². The number of aryl methyl sites for hydroxylation is 1. The van der Waals surface area contributed by atoms with Crippen LogP contribution in [-0.4, -0.2) is 41.6 Å². The first-order valence-electron chi connectivity index (χ1n) is 7.61. The highest BCUT2D eigenvalue weighted by Crippen LogP contribution is 2.22. The van der Waals surface area contributed by atoms with Gasteiger partial charge in [-0.15, -0.1) is 0 Å². The lowest BCUT2D eigenvalue weighted by atomic mass is 9.92. The minimum atomic E-state index is -0.673. The summed E-state index contributed by atoms with van der Waals surface area (Å²) in [6.45, 7) is 7.18. The van der Waals surface area contributed by atoms with Crippen LogP contribution in [0.25, 0.3) is 0 Å². The van der Waals surface area contributed by atoms with E-state index in [4.69, 9.17) is 4.74 Å². The average Bonchev–Trinajstić information content (AvgIpc) is 2.45. The second-order valence-corrected chi connectivity index (χ2v) is 6.34. The minimum absolute atomic E-state index is 0.0909. The number of carbonyl (C=O) groups is 2.